The molecule has 8 heteroatoms. The van der Waals surface area contributed by atoms with Crippen LogP contribution in [0.2, 0.25) is 0 Å². The van der Waals surface area contributed by atoms with E-state index in [1.54, 1.807) is 25.1 Å². The lowest BCUT2D eigenvalue weighted by Crippen LogP contribution is -2.33. The molecule has 0 saturated carbocycles. The Morgan fingerprint density at radius 2 is 1.56 bits per heavy atom. The fourth-order valence-corrected chi connectivity index (χ4v) is 3.67. The summed E-state index contributed by atoms with van der Waals surface area (Å²) in [6.07, 6.45) is 3.57. The van der Waals surface area contributed by atoms with E-state index in [0.717, 1.165) is 12.8 Å². The third-order valence-corrected chi connectivity index (χ3v) is 5.34. The summed E-state index contributed by atoms with van der Waals surface area (Å²) in [6.45, 7) is 8.02. The number of dihydropyridines is 1. The van der Waals surface area contributed by atoms with Crippen molar-refractivity contribution >= 4 is 17.6 Å². The molecule has 0 spiro atoms. The van der Waals surface area contributed by atoms with Crippen molar-refractivity contribution in [2.75, 3.05) is 13.2 Å². The van der Waals surface area contributed by atoms with Crippen molar-refractivity contribution in [1.29, 1.82) is 0 Å². The van der Waals surface area contributed by atoms with Crippen LogP contribution in [0.5, 0.6) is 0 Å². The first-order valence-corrected chi connectivity index (χ1v) is 11.2. The number of hydrogen-bond acceptors (Lipinski definition) is 7. The Balaban J connectivity index is 2.65. The lowest BCUT2D eigenvalue weighted by Gasteiger charge is -2.31. The minimum absolute atomic E-state index is 0.166. The Morgan fingerprint density at radius 1 is 1.00 bits per heavy atom. The Morgan fingerprint density at radius 3 is 2.09 bits per heavy atom. The van der Waals surface area contributed by atoms with E-state index in [0.29, 0.717) is 30.7 Å². The first-order valence-electron chi connectivity index (χ1n) is 11.2. The molecule has 0 saturated heterocycles. The number of nitrogens with zero attached hydrogens (tertiary/aromatic N) is 1. The first-order chi connectivity index (χ1) is 15.4. The number of benzene rings is 1. The van der Waals surface area contributed by atoms with Gasteiger partial charge in [-0.15, -0.1) is 0 Å². The van der Waals surface area contributed by atoms with Gasteiger partial charge in [0.1, 0.15) is 0 Å². The summed E-state index contributed by atoms with van der Waals surface area (Å²) in [5.41, 5.74) is 1.59. The molecule has 0 fully saturated rings. The van der Waals surface area contributed by atoms with E-state index in [2.05, 4.69) is 5.32 Å². The van der Waals surface area contributed by atoms with Crippen molar-refractivity contribution < 1.29 is 24.0 Å². The Bertz CT molecular complexity index is 919. The highest BCUT2D eigenvalue weighted by Gasteiger charge is 2.41. The normalized spacial score (nSPS) is 15.9. The second kappa shape index (κ2) is 12.0. The number of carbonyl (C=O) groups excluding carboxylic acids is 2. The number of carbonyl (C=O) groups is 2. The molecule has 174 valence electrons. The molecule has 1 aliphatic heterocycles. The van der Waals surface area contributed by atoms with Crippen LogP contribution in [0.1, 0.15) is 71.3 Å². The highest BCUT2D eigenvalue weighted by molar-refractivity contribution is 6.00. The van der Waals surface area contributed by atoms with Gasteiger partial charge in [0.15, 0.2) is 0 Å². The summed E-state index contributed by atoms with van der Waals surface area (Å²) in [6, 6.07) is 6.17. The highest BCUT2D eigenvalue weighted by atomic mass is 16.6. The maximum absolute atomic E-state index is 13.2. The van der Waals surface area contributed by atoms with Crippen LogP contribution in [-0.2, 0) is 19.1 Å². The topological polar surface area (TPSA) is 108 Å². The number of unbranched alkanes of at least 4 members (excludes halogenated alkanes) is 2. The number of rotatable bonds is 11. The summed E-state index contributed by atoms with van der Waals surface area (Å²) in [5, 5.41) is 14.9. The van der Waals surface area contributed by atoms with Crippen LogP contribution >= 0.6 is 0 Å². The van der Waals surface area contributed by atoms with E-state index in [-0.39, 0.29) is 35.6 Å². The van der Waals surface area contributed by atoms with E-state index in [4.69, 9.17) is 9.47 Å². The van der Waals surface area contributed by atoms with Crippen LogP contribution in [0.3, 0.4) is 0 Å². The van der Waals surface area contributed by atoms with Crippen LogP contribution in [0.15, 0.2) is 46.8 Å². The molecule has 0 radical (unpaired) electrons. The van der Waals surface area contributed by atoms with Gasteiger partial charge < -0.3 is 14.8 Å². The number of allylic oxidation sites excluding steroid dienone is 2. The molecular weight excluding hydrogens is 412 g/mol. The third-order valence-electron chi connectivity index (χ3n) is 5.34. The number of nitrogens with one attached hydrogen (secondary N) is 1. The molecule has 1 N–H and O–H groups in total. The Kier molecular flexibility index (Phi) is 9.43. The number of ether oxygens (including phenoxy) is 2. The summed E-state index contributed by atoms with van der Waals surface area (Å²) in [5.74, 6) is -2.14. The van der Waals surface area contributed by atoms with Crippen LogP contribution in [0, 0.1) is 10.1 Å². The number of nitro benzene ring substituents is 1. The average Bonchev–Trinajstić information content (AvgIpc) is 2.78. The molecule has 1 aromatic rings. The molecule has 0 amide bonds. The number of hydrogen-bond donors (Lipinski definition) is 1. The van der Waals surface area contributed by atoms with E-state index in [1.807, 2.05) is 20.8 Å². The van der Waals surface area contributed by atoms with Gasteiger partial charge in [-0.3, -0.25) is 10.1 Å². The fraction of sp³-hybridized carbons (Fsp3) is 0.500. The fourth-order valence-electron chi connectivity index (χ4n) is 3.67. The maximum atomic E-state index is 13.2. The van der Waals surface area contributed by atoms with Crippen LogP contribution < -0.4 is 5.32 Å². The Hall–Kier alpha value is -3.16. The summed E-state index contributed by atoms with van der Waals surface area (Å²) < 4.78 is 10.9. The molecular formula is C24H32N2O6. The second-order valence-electron chi connectivity index (χ2n) is 7.64. The van der Waals surface area contributed by atoms with Gasteiger partial charge in [-0.25, -0.2) is 9.59 Å². The van der Waals surface area contributed by atoms with Crippen LogP contribution in [-0.4, -0.2) is 30.1 Å². The number of nitro groups is 1. The van der Waals surface area contributed by atoms with Gasteiger partial charge in [0.05, 0.1) is 35.2 Å². The van der Waals surface area contributed by atoms with E-state index in [9.17, 15) is 19.7 Å². The van der Waals surface area contributed by atoms with Crippen LogP contribution in [0.4, 0.5) is 5.69 Å². The lowest BCUT2D eigenvalue weighted by molar-refractivity contribution is -0.385. The standard InChI is InChI=1S/C24H32N2O6/c1-5-8-14-31-23(27)20-16(4)25-18(7-3)22(24(28)32-15-9-6-2)21(20)17-12-10-11-13-19(17)26(29)30/h10-13,21,25H,5-9,14-15H2,1-4H3. The largest absolute Gasteiger partial charge is 0.462 e. The molecule has 1 atom stereocenters. The minimum atomic E-state index is -0.962. The molecule has 1 aliphatic rings. The second-order valence-corrected chi connectivity index (χ2v) is 7.64. The summed E-state index contributed by atoms with van der Waals surface area (Å²) >= 11 is 0. The van der Waals surface area contributed by atoms with Gasteiger partial charge in [0, 0.05) is 23.0 Å². The van der Waals surface area contributed by atoms with Gasteiger partial charge in [-0.05, 0) is 26.2 Å². The molecule has 1 aromatic carbocycles. The molecule has 1 heterocycles. The van der Waals surface area contributed by atoms with Crippen molar-refractivity contribution in [3.8, 4) is 0 Å². The molecule has 8 nitrogen and oxygen atoms in total. The van der Waals surface area contributed by atoms with Gasteiger partial charge in [-0.1, -0.05) is 51.8 Å². The van der Waals surface area contributed by atoms with Gasteiger partial charge >= 0.3 is 11.9 Å². The number of para-hydroxylation sites is 1. The summed E-state index contributed by atoms with van der Waals surface area (Å²) in [7, 11) is 0. The smallest absolute Gasteiger partial charge is 0.336 e. The zero-order chi connectivity index (χ0) is 23.7. The number of esters is 2. The van der Waals surface area contributed by atoms with Crippen LogP contribution in [0.25, 0.3) is 0 Å². The van der Waals surface area contributed by atoms with Crippen molar-refractivity contribution in [3.05, 3.63) is 62.5 Å². The van der Waals surface area contributed by atoms with E-state index in [1.165, 1.54) is 6.07 Å². The lowest BCUT2D eigenvalue weighted by atomic mass is 9.79. The molecule has 0 aromatic heterocycles. The zero-order valence-electron chi connectivity index (χ0n) is 19.2. The van der Waals surface area contributed by atoms with Crippen molar-refractivity contribution in [1.82, 2.24) is 5.32 Å². The third kappa shape index (κ3) is 5.75. The van der Waals surface area contributed by atoms with Gasteiger partial charge in [0.25, 0.3) is 5.69 Å². The highest BCUT2D eigenvalue weighted by Crippen LogP contribution is 2.43. The van der Waals surface area contributed by atoms with E-state index >= 15 is 0 Å². The monoisotopic (exact) mass is 444 g/mol. The molecule has 1 unspecified atom stereocenters. The summed E-state index contributed by atoms with van der Waals surface area (Å²) in [4.78, 5) is 37.6. The van der Waals surface area contributed by atoms with Crippen molar-refractivity contribution in [3.63, 3.8) is 0 Å². The predicted octanol–water partition coefficient (Wildman–Crippen LogP) is 4.91. The van der Waals surface area contributed by atoms with Gasteiger partial charge in [-0.2, -0.15) is 0 Å². The molecule has 32 heavy (non-hydrogen) atoms. The van der Waals surface area contributed by atoms with E-state index < -0.39 is 22.8 Å². The molecule has 0 bridgehead atoms. The van der Waals surface area contributed by atoms with Gasteiger partial charge in [0.2, 0.25) is 0 Å². The average molecular weight is 445 g/mol. The zero-order valence-corrected chi connectivity index (χ0v) is 19.2. The quantitative estimate of drug-likeness (QED) is 0.224. The first kappa shape index (κ1) is 25.1. The maximum Gasteiger partial charge on any atom is 0.336 e. The van der Waals surface area contributed by atoms with Crippen molar-refractivity contribution in [2.45, 2.75) is 65.7 Å². The Labute approximate surface area is 188 Å². The van der Waals surface area contributed by atoms with Crippen molar-refractivity contribution in [2.24, 2.45) is 0 Å². The molecule has 2 rings (SSSR count). The minimum Gasteiger partial charge on any atom is -0.462 e. The molecule has 0 aliphatic carbocycles. The predicted molar refractivity (Wildman–Crippen MR) is 121 cm³/mol. The SMILES string of the molecule is CCCCOC(=O)C1=C(C)NC(CC)=C(C(=O)OCCCC)C1c1ccccc1[N+](=O)[O-].